The average molecular weight is 203 g/mol. The predicted molar refractivity (Wildman–Crippen MR) is 60.5 cm³/mol. The highest BCUT2D eigenvalue weighted by Gasteiger charge is 2.11. The Labute approximate surface area is 89.0 Å². The van der Waals surface area contributed by atoms with E-state index in [4.69, 9.17) is 0 Å². The summed E-state index contributed by atoms with van der Waals surface area (Å²) in [5.74, 6) is 0.0166. The lowest BCUT2D eigenvalue weighted by molar-refractivity contribution is 0.607. The standard InChI is InChI=1S/C13H14FN/c1-8(2)11-7-6-10-5-4-9(3)15-13(10)12(11)14/h4-8H,1-3H3. The Morgan fingerprint density at radius 3 is 2.47 bits per heavy atom. The third kappa shape index (κ3) is 1.72. The van der Waals surface area contributed by atoms with Crippen LogP contribution in [0, 0.1) is 12.7 Å². The Balaban J connectivity index is 2.77. The quantitative estimate of drug-likeness (QED) is 0.686. The van der Waals surface area contributed by atoms with Gasteiger partial charge in [-0.1, -0.05) is 32.0 Å². The van der Waals surface area contributed by atoms with Crippen LogP contribution in [0.4, 0.5) is 4.39 Å². The minimum Gasteiger partial charge on any atom is -0.250 e. The normalized spacial score (nSPS) is 11.3. The molecule has 0 spiro atoms. The van der Waals surface area contributed by atoms with Crippen molar-refractivity contribution in [3.63, 3.8) is 0 Å². The molecule has 0 aliphatic rings. The van der Waals surface area contributed by atoms with E-state index in [0.29, 0.717) is 5.52 Å². The Kier molecular flexibility index (Phi) is 2.43. The van der Waals surface area contributed by atoms with Crippen LogP contribution in [0.5, 0.6) is 0 Å². The van der Waals surface area contributed by atoms with Gasteiger partial charge in [-0.3, -0.25) is 4.98 Å². The van der Waals surface area contributed by atoms with Gasteiger partial charge in [-0.05, 0) is 24.5 Å². The van der Waals surface area contributed by atoms with Crippen molar-refractivity contribution < 1.29 is 4.39 Å². The molecular formula is C13H14FN. The highest BCUT2D eigenvalue weighted by Crippen LogP contribution is 2.24. The van der Waals surface area contributed by atoms with Gasteiger partial charge in [0.15, 0.2) is 5.82 Å². The number of fused-ring (bicyclic) bond motifs is 1. The van der Waals surface area contributed by atoms with Gasteiger partial charge in [0, 0.05) is 11.1 Å². The molecule has 0 saturated carbocycles. The van der Waals surface area contributed by atoms with E-state index < -0.39 is 0 Å². The van der Waals surface area contributed by atoms with Gasteiger partial charge in [-0.15, -0.1) is 0 Å². The summed E-state index contributed by atoms with van der Waals surface area (Å²) in [6.07, 6.45) is 0. The van der Waals surface area contributed by atoms with Crippen molar-refractivity contribution in [3.8, 4) is 0 Å². The molecule has 0 atom stereocenters. The molecule has 1 aromatic carbocycles. The van der Waals surface area contributed by atoms with Crippen molar-refractivity contribution in [2.45, 2.75) is 26.7 Å². The molecule has 0 N–H and O–H groups in total. The number of pyridine rings is 1. The first-order valence-corrected chi connectivity index (χ1v) is 5.15. The highest BCUT2D eigenvalue weighted by molar-refractivity contribution is 5.80. The first-order chi connectivity index (χ1) is 7.09. The maximum Gasteiger partial charge on any atom is 0.152 e. The van der Waals surface area contributed by atoms with Gasteiger partial charge < -0.3 is 0 Å². The van der Waals surface area contributed by atoms with E-state index in [0.717, 1.165) is 16.6 Å². The second-order valence-corrected chi connectivity index (χ2v) is 4.15. The van der Waals surface area contributed by atoms with Crippen molar-refractivity contribution in [2.24, 2.45) is 0 Å². The molecular weight excluding hydrogens is 189 g/mol. The maximum atomic E-state index is 14.0. The summed E-state index contributed by atoms with van der Waals surface area (Å²) in [6.45, 7) is 5.85. The van der Waals surface area contributed by atoms with Crippen molar-refractivity contribution in [3.05, 3.63) is 41.3 Å². The lowest BCUT2D eigenvalue weighted by Crippen LogP contribution is -1.96. The molecule has 2 aromatic rings. The molecule has 0 aliphatic heterocycles. The third-order valence-electron chi connectivity index (χ3n) is 2.59. The number of aromatic nitrogens is 1. The van der Waals surface area contributed by atoms with Crippen LogP contribution in [0.2, 0.25) is 0 Å². The number of nitrogens with zero attached hydrogens (tertiary/aromatic N) is 1. The fraction of sp³-hybridized carbons (Fsp3) is 0.308. The summed E-state index contributed by atoms with van der Waals surface area (Å²) < 4.78 is 14.0. The van der Waals surface area contributed by atoms with Gasteiger partial charge in [0.2, 0.25) is 0 Å². The van der Waals surface area contributed by atoms with Gasteiger partial charge in [0.25, 0.3) is 0 Å². The van der Waals surface area contributed by atoms with Crippen molar-refractivity contribution in [2.75, 3.05) is 0 Å². The smallest absolute Gasteiger partial charge is 0.152 e. The van der Waals surface area contributed by atoms with Crippen LogP contribution in [0.15, 0.2) is 24.3 Å². The van der Waals surface area contributed by atoms with Gasteiger partial charge in [0.1, 0.15) is 5.52 Å². The van der Waals surface area contributed by atoms with E-state index in [2.05, 4.69) is 4.98 Å². The van der Waals surface area contributed by atoms with Crippen LogP contribution in [0.3, 0.4) is 0 Å². The molecule has 1 nitrogen and oxygen atoms in total. The number of halogens is 1. The maximum absolute atomic E-state index is 14.0. The van der Waals surface area contributed by atoms with Gasteiger partial charge in [0.05, 0.1) is 0 Å². The van der Waals surface area contributed by atoms with E-state index >= 15 is 0 Å². The van der Waals surface area contributed by atoms with E-state index in [1.807, 2.05) is 45.0 Å². The van der Waals surface area contributed by atoms with Gasteiger partial charge in [-0.25, -0.2) is 4.39 Å². The van der Waals surface area contributed by atoms with E-state index in [1.54, 1.807) is 0 Å². The second kappa shape index (κ2) is 3.61. The summed E-state index contributed by atoms with van der Waals surface area (Å²) in [4.78, 5) is 4.24. The topological polar surface area (TPSA) is 12.9 Å². The lowest BCUT2D eigenvalue weighted by Gasteiger charge is -2.09. The molecule has 2 rings (SSSR count). The number of hydrogen-bond acceptors (Lipinski definition) is 1. The molecule has 0 bridgehead atoms. The monoisotopic (exact) mass is 203 g/mol. The summed E-state index contributed by atoms with van der Waals surface area (Å²) in [5, 5.41) is 0.863. The first-order valence-electron chi connectivity index (χ1n) is 5.15. The van der Waals surface area contributed by atoms with Gasteiger partial charge >= 0.3 is 0 Å². The third-order valence-corrected chi connectivity index (χ3v) is 2.59. The Bertz CT molecular complexity index is 503. The number of hydrogen-bond donors (Lipinski definition) is 0. The van der Waals surface area contributed by atoms with Crippen LogP contribution >= 0.6 is 0 Å². The summed E-state index contributed by atoms with van der Waals surface area (Å²) in [5.41, 5.74) is 2.07. The van der Waals surface area contributed by atoms with Crippen LogP contribution < -0.4 is 0 Å². The zero-order chi connectivity index (χ0) is 11.0. The first kappa shape index (κ1) is 10.1. The fourth-order valence-electron chi connectivity index (χ4n) is 1.71. The Morgan fingerprint density at radius 2 is 1.80 bits per heavy atom. The number of aryl methyl sites for hydroxylation is 1. The van der Waals surface area contributed by atoms with Crippen LogP contribution in [0.1, 0.15) is 31.0 Å². The second-order valence-electron chi connectivity index (χ2n) is 4.15. The molecule has 2 heteroatoms. The SMILES string of the molecule is Cc1ccc2ccc(C(C)C)c(F)c2n1. The van der Waals surface area contributed by atoms with E-state index in [9.17, 15) is 4.39 Å². The summed E-state index contributed by atoms with van der Waals surface area (Å²) in [6, 6.07) is 7.58. The van der Waals surface area contributed by atoms with Crippen LogP contribution in [0.25, 0.3) is 10.9 Å². The zero-order valence-corrected chi connectivity index (χ0v) is 9.21. The Morgan fingerprint density at radius 1 is 1.13 bits per heavy atom. The summed E-state index contributed by atoms with van der Waals surface area (Å²) >= 11 is 0. The fourth-order valence-corrected chi connectivity index (χ4v) is 1.71. The zero-order valence-electron chi connectivity index (χ0n) is 9.21. The molecule has 0 unspecified atom stereocenters. The predicted octanol–water partition coefficient (Wildman–Crippen LogP) is 3.81. The molecule has 0 aliphatic carbocycles. The number of rotatable bonds is 1. The summed E-state index contributed by atoms with van der Waals surface area (Å²) in [7, 11) is 0. The molecule has 1 aromatic heterocycles. The molecule has 0 radical (unpaired) electrons. The minimum atomic E-state index is -0.175. The molecule has 1 heterocycles. The highest BCUT2D eigenvalue weighted by atomic mass is 19.1. The number of benzene rings is 1. The molecule has 0 saturated heterocycles. The van der Waals surface area contributed by atoms with E-state index in [1.165, 1.54) is 0 Å². The van der Waals surface area contributed by atoms with Crippen molar-refractivity contribution >= 4 is 10.9 Å². The molecule has 0 fully saturated rings. The molecule has 78 valence electrons. The molecule has 15 heavy (non-hydrogen) atoms. The minimum absolute atomic E-state index is 0.175. The van der Waals surface area contributed by atoms with Crippen molar-refractivity contribution in [1.82, 2.24) is 4.98 Å². The van der Waals surface area contributed by atoms with Gasteiger partial charge in [-0.2, -0.15) is 0 Å². The van der Waals surface area contributed by atoms with E-state index in [-0.39, 0.29) is 11.7 Å². The average Bonchev–Trinajstić information content (AvgIpc) is 2.19. The largest absolute Gasteiger partial charge is 0.250 e. The van der Waals surface area contributed by atoms with Crippen LogP contribution in [-0.4, -0.2) is 4.98 Å². The molecule has 0 amide bonds. The Hall–Kier alpha value is -1.44. The van der Waals surface area contributed by atoms with Crippen molar-refractivity contribution in [1.29, 1.82) is 0 Å². The van der Waals surface area contributed by atoms with Crippen LogP contribution in [-0.2, 0) is 0 Å². The lowest BCUT2D eigenvalue weighted by atomic mass is 10.0.